The van der Waals surface area contributed by atoms with E-state index in [4.69, 9.17) is 25.2 Å². The van der Waals surface area contributed by atoms with Gasteiger partial charge < -0.3 is 35.2 Å². The first kappa shape index (κ1) is 26.7. The first-order valence-electron chi connectivity index (χ1n) is 7.70. The van der Waals surface area contributed by atoms with Crippen LogP contribution in [0.2, 0.25) is 0 Å². The molecule has 7 N–H and O–H groups in total. The van der Waals surface area contributed by atoms with Crippen LogP contribution in [0.25, 0.3) is 0 Å². The zero-order valence-electron chi connectivity index (χ0n) is 14.9. The maximum absolute atomic E-state index is 14.7. The highest BCUT2D eigenvalue weighted by Crippen LogP contribution is 2.66. The molecule has 1 aromatic heterocycles. The molecule has 178 valence electrons. The fraction of sp³-hybridized carbons (Fsp3) is 0.600. The van der Waals surface area contributed by atoms with Gasteiger partial charge in [0.15, 0.2) is 12.4 Å². The summed E-state index contributed by atoms with van der Waals surface area (Å²) in [6.45, 7) is -1.16. The Bertz CT molecular complexity index is 1020. The molecule has 2 heterocycles. The second-order valence-corrected chi connectivity index (χ2v) is 11.0. The van der Waals surface area contributed by atoms with Gasteiger partial charge in [-0.1, -0.05) is 15.9 Å². The summed E-state index contributed by atoms with van der Waals surface area (Å²) in [6, 6.07) is 1.14. The summed E-state index contributed by atoms with van der Waals surface area (Å²) in [5.41, 5.74) is 2.18. The molecule has 0 radical (unpaired) electrons. The minimum absolute atomic E-state index is 0.172. The molecule has 21 heteroatoms. The SMILES string of the molecule is Nc1ccn([C@@H]2O[C@@](CBr)(COP(=O)(O)OP(=O)(O)OP(=O)(O)O)[C@H](O)[C@@H]2F)c(=O)n1. The average molecular weight is 578 g/mol. The topological polar surface area (TPSA) is 250 Å². The van der Waals surface area contributed by atoms with E-state index in [1.165, 1.54) is 0 Å². The number of phosphoric acid groups is 3. The Morgan fingerprint density at radius 3 is 2.39 bits per heavy atom. The number of aromatic nitrogens is 2. The molecule has 6 atom stereocenters. The van der Waals surface area contributed by atoms with E-state index in [0.717, 1.165) is 12.3 Å². The van der Waals surface area contributed by atoms with E-state index in [0.29, 0.717) is 4.57 Å². The van der Waals surface area contributed by atoms with Crippen LogP contribution in [0.5, 0.6) is 0 Å². The largest absolute Gasteiger partial charge is 0.490 e. The number of rotatable bonds is 9. The van der Waals surface area contributed by atoms with Crippen molar-refractivity contribution in [2.45, 2.75) is 24.1 Å². The number of ether oxygens (including phenoxy) is 1. The molecule has 0 aliphatic carbocycles. The first-order valence-corrected chi connectivity index (χ1v) is 13.3. The Morgan fingerprint density at radius 1 is 1.26 bits per heavy atom. The highest BCUT2D eigenvalue weighted by Gasteiger charge is 2.57. The lowest BCUT2D eigenvalue weighted by atomic mass is 9.99. The van der Waals surface area contributed by atoms with Crippen LogP contribution >= 0.6 is 39.4 Å². The summed E-state index contributed by atoms with van der Waals surface area (Å²) in [6.07, 6.45) is -5.07. The molecule has 1 saturated heterocycles. The molecular weight excluding hydrogens is 562 g/mol. The molecule has 2 unspecified atom stereocenters. The van der Waals surface area contributed by atoms with Gasteiger partial charge in [-0.3, -0.25) is 9.09 Å². The van der Waals surface area contributed by atoms with Crippen molar-refractivity contribution in [3.8, 4) is 0 Å². The minimum atomic E-state index is -5.78. The predicted molar refractivity (Wildman–Crippen MR) is 100 cm³/mol. The quantitative estimate of drug-likeness (QED) is 0.160. The number of phosphoric ester groups is 1. The zero-order chi connectivity index (χ0) is 23.8. The van der Waals surface area contributed by atoms with Crippen LogP contribution in [-0.2, 0) is 31.6 Å². The maximum Gasteiger partial charge on any atom is 0.490 e. The van der Waals surface area contributed by atoms with Crippen LogP contribution in [0.15, 0.2) is 17.1 Å². The molecule has 0 aromatic carbocycles. The fourth-order valence-electron chi connectivity index (χ4n) is 2.41. The minimum Gasteiger partial charge on any atom is -0.387 e. The molecule has 1 aromatic rings. The zero-order valence-corrected chi connectivity index (χ0v) is 19.1. The molecule has 2 rings (SSSR count). The molecule has 1 aliphatic rings. The number of alkyl halides is 2. The molecule has 1 fully saturated rings. The van der Waals surface area contributed by atoms with E-state index in [2.05, 4.69) is 34.1 Å². The van der Waals surface area contributed by atoms with Gasteiger partial charge in [0.2, 0.25) is 0 Å². The highest BCUT2D eigenvalue weighted by atomic mass is 79.9. The highest BCUT2D eigenvalue weighted by molar-refractivity contribution is 9.09. The second kappa shape index (κ2) is 9.35. The summed E-state index contributed by atoms with van der Waals surface area (Å²) in [4.78, 5) is 51.0. The van der Waals surface area contributed by atoms with E-state index in [1.54, 1.807) is 0 Å². The summed E-state index contributed by atoms with van der Waals surface area (Å²) in [5, 5.41) is 9.81. The van der Waals surface area contributed by atoms with Crippen molar-refractivity contribution in [3.05, 3.63) is 22.7 Å². The van der Waals surface area contributed by atoms with E-state index in [-0.39, 0.29) is 5.82 Å². The number of hydrogen-bond acceptors (Lipinski definition) is 11. The van der Waals surface area contributed by atoms with Crippen molar-refractivity contribution >= 4 is 45.2 Å². The number of halogens is 2. The Labute approximate surface area is 180 Å². The molecule has 0 saturated carbocycles. The van der Waals surface area contributed by atoms with Crippen LogP contribution < -0.4 is 11.4 Å². The van der Waals surface area contributed by atoms with Crippen LogP contribution in [0.3, 0.4) is 0 Å². The number of aliphatic hydroxyl groups excluding tert-OH is 1. The Balaban J connectivity index is 2.20. The number of nitrogens with zero attached hydrogens (tertiary/aromatic N) is 2. The van der Waals surface area contributed by atoms with Gasteiger partial charge >= 0.3 is 29.2 Å². The smallest absolute Gasteiger partial charge is 0.387 e. The van der Waals surface area contributed by atoms with E-state index >= 15 is 0 Å². The van der Waals surface area contributed by atoms with Crippen LogP contribution in [-0.4, -0.2) is 64.0 Å². The third-order valence-electron chi connectivity index (χ3n) is 3.71. The fourth-order valence-corrected chi connectivity index (χ4v) is 6.12. The Morgan fingerprint density at radius 2 is 1.87 bits per heavy atom. The monoisotopic (exact) mass is 577 g/mol. The van der Waals surface area contributed by atoms with Gasteiger partial charge in [0, 0.05) is 11.5 Å². The summed E-state index contributed by atoms with van der Waals surface area (Å²) >= 11 is 2.90. The van der Waals surface area contributed by atoms with Crippen LogP contribution in [0.1, 0.15) is 6.23 Å². The number of nitrogens with two attached hydrogens (primary N) is 1. The lowest BCUT2D eigenvalue weighted by Gasteiger charge is -2.30. The van der Waals surface area contributed by atoms with Crippen LogP contribution in [0.4, 0.5) is 10.2 Å². The third kappa shape index (κ3) is 6.71. The van der Waals surface area contributed by atoms with Gasteiger partial charge in [-0.2, -0.15) is 13.6 Å². The second-order valence-electron chi connectivity index (χ2n) is 6.00. The van der Waals surface area contributed by atoms with E-state index in [9.17, 15) is 32.9 Å². The van der Waals surface area contributed by atoms with Gasteiger partial charge in [-0.25, -0.2) is 22.9 Å². The number of nitrogen functional groups attached to an aromatic ring is 1. The van der Waals surface area contributed by atoms with Crippen molar-refractivity contribution in [1.29, 1.82) is 0 Å². The van der Waals surface area contributed by atoms with E-state index < -0.39 is 65.2 Å². The summed E-state index contributed by atoms with van der Waals surface area (Å²) in [7, 11) is -17.0. The molecular formula is C10H16BrFN3O13P3. The van der Waals surface area contributed by atoms with E-state index in [1.807, 2.05) is 0 Å². The van der Waals surface area contributed by atoms with Crippen molar-refractivity contribution < 1.29 is 60.6 Å². The number of aliphatic hydroxyl groups is 1. The lowest BCUT2D eigenvalue weighted by molar-refractivity contribution is -0.111. The molecule has 0 amide bonds. The predicted octanol–water partition coefficient (Wildman–Crippen LogP) is -0.470. The summed E-state index contributed by atoms with van der Waals surface area (Å²) < 4.78 is 66.1. The molecule has 1 aliphatic heterocycles. The van der Waals surface area contributed by atoms with Gasteiger partial charge in [0.1, 0.15) is 17.5 Å². The van der Waals surface area contributed by atoms with Crippen molar-refractivity contribution in [2.24, 2.45) is 0 Å². The standard InChI is InChI=1S/C10H16BrFN3O13P3/c11-3-10(4-25-30(21,22)28-31(23,24)27-29(18,19)20)7(16)6(12)8(26-10)15-2-1-5(13)14-9(15)17/h1-2,6-8,16H,3-4H2,(H,21,22)(H,23,24)(H2,13,14,17)(H2,18,19,20)/t6-,7+,8+,10-/m0/s1. The normalized spacial score (nSPS) is 30.6. The van der Waals surface area contributed by atoms with Crippen molar-refractivity contribution in [2.75, 3.05) is 17.7 Å². The molecule has 31 heavy (non-hydrogen) atoms. The first-order chi connectivity index (χ1) is 14.0. The molecule has 16 nitrogen and oxygen atoms in total. The van der Waals surface area contributed by atoms with Gasteiger partial charge in [0.05, 0.1) is 6.61 Å². The molecule has 0 spiro atoms. The maximum atomic E-state index is 14.7. The van der Waals surface area contributed by atoms with Crippen LogP contribution in [0, 0.1) is 0 Å². The third-order valence-corrected chi connectivity index (χ3v) is 8.44. The van der Waals surface area contributed by atoms with Gasteiger partial charge in [0.25, 0.3) is 0 Å². The molecule has 0 bridgehead atoms. The van der Waals surface area contributed by atoms with Gasteiger partial charge in [-0.15, -0.1) is 0 Å². The Hall–Kier alpha value is -0.580. The van der Waals surface area contributed by atoms with Crippen molar-refractivity contribution in [3.63, 3.8) is 0 Å². The summed E-state index contributed by atoms with van der Waals surface area (Å²) in [5.74, 6) is -0.172. The average Bonchev–Trinajstić information content (AvgIpc) is 2.82. The van der Waals surface area contributed by atoms with Crippen molar-refractivity contribution in [1.82, 2.24) is 9.55 Å². The van der Waals surface area contributed by atoms with Gasteiger partial charge in [-0.05, 0) is 6.07 Å². The number of hydrogen-bond donors (Lipinski definition) is 6. The number of anilines is 1. The Kier molecular flexibility index (Phi) is 8.04. The lowest BCUT2D eigenvalue weighted by Crippen LogP contribution is -2.47.